The van der Waals surface area contributed by atoms with Crippen LogP contribution in [0, 0.1) is 0 Å². The molecule has 6 nitrogen and oxygen atoms in total. The lowest BCUT2D eigenvalue weighted by atomic mass is 10.0. The van der Waals surface area contributed by atoms with Crippen molar-refractivity contribution in [2.24, 2.45) is 0 Å². The van der Waals surface area contributed by atoms with Crippen LogP contribution in [-0.4, -0.2) is 37.2 Å². The molecule has 0 saturated heterocycles. The van der Waals surface area contributed by atoms with Gasteiger partial charge in [-0.05, 0) is 19.3 Å². The van der Waals surface area contributed by atoms with Crippen molar-refractivity contribution in [3.63, 3.8) is 0 Å². The highest BCUT2D eigenvalue weighted by molar-refractivity contribution is 5.71. The van der Waals surface area contributed by atoms with E-state index >= 15 is 0 Å². The summed E-state index contributed by atoms with van der Waals surface area (Å²) in [7, 11) is 0. The van der Waals surface area contributed by atoms with Crippen LogP contribution in [0.1, 0.15) is 316 Å². The molecule has 0 aromatic carbocycles. The van der Waals surface area contributed by atoms with Gasteiger partial charge in [0.2, 0.25) is 0 Å². The van der Waals surface area contributed by atoms with Gasteiger partial charge in [0.15, 0.2) is 6.10 Å². The molecule has 0 spiro atoms. The largest absolute Gasteiger partial charge is 0.462 e. The number of carbonyl (C=O) groups excluding carboxylic acids is 3. The minimum absolute atomic E-state index is 0.0618. The molecule has 0 amide bonds. The molecule has 6 heteroatoms. The molecule has 0 aromatic heterocycles. The van der Waals surface area contributed by atoms with Crippen LogP contribution in [-0.2, 0) is 28.6 Å². The Morgan fingerprint density at radius 2 is 0.443 bits per heavy atom. The fourth-order valence-electron chi connectivity index (χ4n) is 8.45. The lowest BCUT2D eigenvalue weighted by molar-refractivity contribution is -0.167. The van der Waals surface area contributed by atoms with E-state index in [1.807, 2.05) is 0 Å². The van der Waals surface area contributed by atoms with Crippen LogP contribution in [0.5, 0.6) is 0 Å². The highest BCUT2D eigenvalue weighted by atomic mass is 16.6. The van der Waals surface area contributed by atoms with Crippen LogP contribution < -0.4 is 0 Å². The summed E-state index contributed by atoms with van der Waals surface area (Å²) in [6.45, 7) is 6.67. The minimum Gasteiger partial charge on any atom is -0.462 e. The average molecular weight is 863 g/mol. The van der Waals surface area contributed by atoms with Crippen molar-refractivity contribution in [2.45, 2.75) is 322 Å². The minimum atomic E-state index is -0.759. The number of carbonyl (C=O) groups is 3. The van der Waals surface area contributed by atoms with Gasteiger partial charge >= 0.3 is 17.9 Å². The fraction of sp³-hybridized carbons (Fsp3) is 0.945. The van der Waals surface area contributed by atoms with E-state index in [1.165, 1.54) is 218 Å². The molecule has 0 fully saturated rings. The second-order valence-corrected chi connectivity index (χ2v) is 18.9. The summed E-state index contributed by atoms with van der Waals surface area (Å²) in [5.74, 6) is -0.842. The Hall–Kier alpha value is -1.59. The van der Waals surface area contributed by atoms with Gasteiger partial charge < -0.3 is 14.2 Å². The van der Waals surface area contributed by atoms with Crippen molar-refractivity contribution in [1.29, 1.82) is 0 Å². The predicted octanol–water partition coefficient (Wildman–Crippen LogP) is 18.0. The van der Waals surface area contributed by atoms with Crippen LogP contribution in [0.4, 0.5) is 0 Å². The first kappa shape index (κ1) is 59.4. The zero-order chi connectivity index (χ0) is 44.4. The van der Waals surface area contributed by atoms with E-state index in [0.717, 1.165) is 57.8 Å². The van der Waals surface area contributed by atoms with E-state index in [4.69, 9.17) is 14.2 Å². The third kappa shape index (κ3) is 49.3. The van der Waals surface area contributed by atoms with Crippen molar-refractivity contribution in [1.82, 2.24) is 0 Å². The van der Waals surface area contributed by atoms with Crippen LogP contribution in [0.3, 0.4) is 0 Å². The molecule has 0 aromatic rings. The van der Waals surface area contributed by atoms with Crippen molar-refractivity contribution in [2.75, 3.05) is 13.2 Å². The normalized spacial score (nSPS) is 11.9. The number of esters is 3. The Morgan fingerprint density at radius 1 is 0.262 bits per heavy atom. The number of hydrogen-bond donors (Lipinski definition) is 0. The third-order valence-corrected chi connectivity index (χ3v) is 12.6. The lowest BCUT2D eigenvalue weighted by Crippen LogP contribution is -2.30. The number of rotatable bonds is 51. The monoisotopic (exact) mass is 863 g/mol. The van der Waals surface area contributed by atoms with Crippen LogP contribution in [0.15, 0.2) is 0 Å². The Balaban J connectivity index is 4.17. The molecule has 1 unspecified atom stereocenters. The van der Waals surface area contributed by atoms with E-state index in [-0.39, 0.29) is 31.1 Å². The van der Waals surface area contributed by atoms with Crippen molar-refractivity contribution in [3.05, 3.63) is 0 Å². The quantitative estimate of drug-likeness (QED) is 0.0344. The van der Waals surface area contributed by atoms with Gasteiger partial charge in [-0.2, -0.15) is 0 Å². The van der Waals surface area contributed by atoms with E-state index in [0.29, 0.717) is 19.3 Å². The Bertz CT molecular complexity index is 905. The topological polar surface area (TPSA) is 78.9 Å². The second-order valence-electron chi connectivity index (χ2n) is 18.9. The zero-order valence-corrected chi connectivity index (χ0v) is 41.5. The Kier molecular flexibility index (Phi) is 49.7. The highest BCUT2D eigenvalue weighted by Crippen LogP contribution is 2.17. The van der Waals surface area contributed by atoms with Gasteiger partial charge in [0, 0.05) is 19.3 Å². The Labute approximate surface area is 380 Å². The molecule has 0 rings (SSSR count). The molecule has 0 aliphatic carbocycles. The first-order valence-corrected chi connectivity index (χ1v) is 27.5. The van der Waals surface area contributed by atoms with Gasteiger partial charge in [0.25, 0.3) is 0 Å². The van der Waals surface area contributed by atoms with Crippen LogP contribution >= 0.6 is 0 Å². The van der Waals surface area contributed by atoms with E-state index < -0.39 is 6.10 Å². The summed E-state index contributed by atoms with van der Waals surface area (Å²) in [6.07, 6.45) is 55.3. The van der Waals surface area contributed by atoms with Gasteiger partial charge in [0.1, 0.15) is 13.2 Å². The van der Waals surface area contributed by atoms with Gasteiger partial charge in [-0.15, -0.1) is 0 Å². The smallest absolute Gasteiger partial charge is 0.306 e. The van der Waals surface area contributed by atoms with Crippen molar-refractivity contribution >= 4 is 17.9 Å². The van der Waals surface area contributed by atoms with Crippen molar-refractivity contribution in [3.8, 4) is 0 Å². The first-order chi connectivity index (χ1) is 30.0. The Morgan fingerprint density at radius 3 is 0.656 bits per heavy atom. The number of hydrogen-bond acceptors (Lipinski definition) is 6. The second kappa shape index (κ2) is 51.0. The standard InChI is InChI=1S/C55H106O6/c1-4-7-10-13-16-19-21-23-25-26-27-28-29-31-32-34-36-39-42-45-48-54(57)60-51-52(50-59-53(56)47-44-41-38-18-15-12-9-6-3)61-55(58)49-46-43-40-37-35-33-30-24-22-20-17-14-11-8-5-2/h52H,4-51H2,1-3H3. The third-order valence-electron chi connectivity index (χ3n) is 12.6. The predicted molar refractivity (Wildman–Crippen MR) is 261 cm³/mol. The highest BCUT2D eigenvalue weighted by Gasteiger charge is 2.19. The maximum Gasteiger partial charge on any atom is 0.306 e. The molecule has 0 saturated carbocycles. The van der Waals surface area contributed by atoms with E-state index in [1.54, 1.807) is 0 Å². The van der Waals surface area contributed by atoms with E-state index in [9.17, 15) is 14.4 Å². The molecule has 0 bridgehead atoms. The molecule has 0 heterocycles. The summed E-state index contributed by atoms with van der Waals surface area (Å²) in [4.78, 5) is 37.9. The van der Waals surface area contributed by atoms with Gasteiger partial charge in [-0.3, -0.25) is 14.4 Å². The summed E-state index contributed by atoms with van der Waals surface area (Å²) in [5, 5.41) is 0. The molecule has 61 heavy (non-hydrogen) atoms. The van der Waals surface area contributed by atoms with Crippen LogP contribution in [0.25, 0.3) is 0 Å². The molecule has 362 valence electrons. The van der Waals surface area contributed by atoms with Gasteiger partial charge in [-0.1, -0.05) is 278 Å². The first-order valence-electron chi connectivity index (χ1n) is 27.5. The molecule has 1 atom stereocenters. The SMILES string of the molecule is CCCCCCCCCCCCCCCCCCCCCCC(=O)OCC(COC(=O)CCCCCCCCCC)OC(=O)CCCCCCCCCCCCCCCCC. The molecule has 0 aliphatic heterocycles. The number of unbranched alkanes of at least 4 members (excludes halogenated alkanes) is 40. The number of ether oxygens (including phenoxy) is 3. The average Bonchev–Trinajstić information content (AvgIpc) is 3.26. The molecule has 0 radical (unpaired) electrons. The summed E-state index contributed by atoms with van der Waals surface area (Å²) in [5.41, 5.74) is 0. The summed E-state index contributed by atoms with van der Waals surface area (Å²) in [6, 6.07) is 0. The molecular formula is C55H106O6. The maximum absolute atomic E-state index is 12.8. The van der Waals surface area contributed by atoms with Gasteiger partial charge in [0.05, 0.1) is 0 Å². The molecule has 0 aliphatic rings. The van der Waals surface area contributed by atoms with Gasteiger partial charge in [-0.25, -0.2) is 0 Å². The maximum atomic E-state index is 12.8. The molecule has 0 N–H and O–H groups in total. The van der Waals surface area contributed by atoms with Crippen molar-refractivity contribution < 1.29 is 28.6 Å². The summed E-state index contributed by atoms with van der Waals surface area (Å²) < 4.78 is 16.8. The summed E-state index contributed by atoms with van der Waals surface area (Å²) >= 11 is 0. The molecular weight excluding hydrogens is 757 g/mol. The van der Waals surface area contributed by atoms with E-state index in [2.05, 4.69) is 20.8 Å². The lowest BCUT2D eigenvalue weighted by Gasteiger charge is -2.18. The van der Waals surface area contributed by atoms with Crippen LogP contribution in [0.2, 0.25) is 0 Å². The fourth-order valence-corrected chi connectivity index (χ4v) is 8.45. The zero-order valence-electron chi connectivity index (χ0n) is 41.5.